The van der Waals surface area contributed by atoms with Gasteiger partial charge in [-0.3, -0.25) is 4.79 Å². The maximum Gasteiger partial charge on any atom is 0.223 e. The van der Waals surface area contributed by atoms with Crippen LogP contribution in [0.25, 0.3) is 22.0 Å². The van der Waals surface area contributed by atoms with Gasteiger partial charge in [-0.25, -0.2) is 4.98 Å². The van der Waals surface area contributed by atoms with Crippen LogP contribution >= 0.6 is 0 Å². The summed E-state index contributed by atoms with van der Waals surface area (Å²) in [5, 5.41) is 4.25. The summed E-state index contributed by atoms with van der Waals surface area (Å²) in [7, 11) is 0. The van der Waals surface area contributed by atoms with Crippen LogP contribution in [-0.4, -0.2) is 29.1 Å². The lowest BCUT2D eigenvalue weighted by molar-refractivity contribution is -0.126. The Morgan fingerprint density at radius 1 is 1.16 bits per heavy atom. The van der Waals surface area contributed by atoms with Gasteiger partial charge in [0, 0.05) is 17.3 Å². The van der Waals surface area contributed by atoms with E-state index in [1.165, 1.54) is 11.1 Å². The topological polar surface area (TPSA) is 77.2 Å². The number of anilines is 1. The third-order valence-electron chi connectivity index (χ3n) is 6.40. The Balaban J connectivity index is 1.52. The molecule has 1 saturated heterocycles. The fraction of sp³-hybridized carbons (Fsp3) is 0.407. The lowest BCUT2D eigenvalue weighted by atomic mass is 9.95. The van der Waals surface area contributed by atoms with Gasteiger partial charge in [-0.15, -0.1) is 0 Å². The monoisotopic (exact) mass is 431 g/mol. The molecular weight excluding hydrogens is 398 g/mol. The van der Waals surface area contributed by atoms with Crippen molar-refractivity contribution < 1.29 is 9.53 Å². The number of nitrogen functional groups attached to an aromatic ring is 1. The minimum atomic E-state index is -0.190. The number of ether oxygens (including phenoxy) is 1. The van der Waals surface area contributed by atoms with Gasteiger partial charge in [-0.05, 0) is 80.5 Å². The highest BCUT2D eigenvalue weighted by molar-refractivity contribution is 5.87. The van der Waals surface area contributed by atoms with Gasteiger partial charge in [0.25, 0.3) is 0 Å². The molecule has 0 aliphatic carbocycles. The van der Waals surface area contributed by atoms with E-state index in [4.69, 9.17) is 10.5 Å². The molecule has 1 aliphatic rings. The van der Waals surface area contributed by atoms with Crippen LogP contribution in [0.3, 0.4) is 0 Å². The van der Waals surface area contributed by atoms with Crippen molar-refractivity contribution in [2.24, 2.45) is 5.92 Å². The Hall–Kier alpha value is -2.92. The van der Waals surface area contributed by atoms with E-state index in [1.807, 2.05) is 19.1 Å². The van der Waals surface area contributed by atoms with Crippen molar-refractivity contribution in [2.75, 3.05) is 5.73 Å². The van der Waals surface area contributed by atoms with E-state index >= 15 is 0 Å². The average molecular weight is 432 g/mol. The number of aromatic nitrogens is 1. The van der Waals surface area contributed by atoms with Gasteiger partial charge in [-0.1, -0.05) is 37.3 Å². The van der Waals surface area contributed by atoms with Gasteiger partial charge in [0.15, 0.2) is 0 Å². The van der Waals surface area contributed by atoms with E-state index in [2.05, 4.69) is 67.5 Å². The molecule has 0 bridgehead atoms. The molecule has 2 aromatic carbocycles. The number of nitrogens with one attached hydrogen (secondary N) is 1. The van der Waals surface area contributed by atoms with E-state index < -0.39 is 0 Å². The number of hydrogen-bond donors (Lipinski definition) is 2. The highest BCUT2D eigenvalue weighted by atomic mass is 16.5. The Morgan fingerprint density at radius 2 is 1.88 bits per heavy atom. The molecule has 4 rings (SSSR count). The van der Waals surface area contributed by atoms with E-state index in [-0.39, 0.29) is 30.1 Å². The maximum atomic E-state index is 12.9. The number of pyridine rings is 1. The van der Waals surface area contributed by atoms with E-state index in [0.717, 1.165) is 34.9 Å². The van der Waals surface area contributed by atoms with Gasteiger partial charge in [0.1, 0.15) is 5.82 Å². The smallest absolute Gasteiger partial charge is 0.223 e. The first-order chi connectivity index (χ1) is 15.3. The summed E-state index contributed by atoms with van der Waals surface area (Å²) in [6.45, 7) is 8.19. The van der Waals surface area contributed by atoms with Crippen molar-refractivity contribution in [3.05, 3.63) is 59.7 Å². The molecule has 1 fully saturated rings. The number of fused-ring (bicyclic) bond motifs is 1. The second-order valence-corrected chi connectivity index (χ2v) is 9.29. The highest BCUT2D eigenvalue weighted by Gasteiger charge is 2.27. The normalized spacial score (nSPS) is 21.9. The molecule has 1 aliphatic heterocycles. The van der Waals surface area contributed by atoms with Crippen LogP contribution in [0.2, 0.25) is 0 Å². The van der Waals surface area contributed by atoms with E-state index in [0.29, 0.717) is 12.2 Å². The zero-order chi connectivity index (χ0) is 22.8. The Morgan fingerprint density at radius 3 is 2.59 bits per heavy atom. The molecule has 5 nitrogen and oxygen atoms in total. The van der Waals surface area contributed by atoms with Crippen LogP contribution < -0.4 is 11.1 Å². The molecule has 1 aromatic heterocycles. The second-order valence-electron chi connectivity index (χ2n) is 9.29. The molecular formula is C27H33N3O2. The number of aryl methyl sites for hydroxylation is 1. The second kappa shape index (κ2) is 9.29. The number of nitrogens with two attached hydrogens (primary N) is 1. The van der Waals surface area contributed by atoms with Crippen LogP contribution in [0.1, 0.15) is 44.7 Å². The predicted octanol–water partition coefficient (Wildman–Crippen LogP) is 5.04. The van der Waals surface area contributed by atoms with Gasteiger partial charge < -0.3 is 15.8 Å². The summed E-state index contributed by atoms with van der Waals surface area (Å²) < 4.78 is 5.78. The predicted molar refractivity (Wildman–Crippen MR) is 130 cm³/mol. The number of amides is 1. The Kier molecular flexibility index (Phi) is 6.47. The minimum Gasteiger partial charge on any atom is -0.383 e. The maximum absolute atomic E-state index is 12.9. The molecule has 2 heterocycles. The van der Waals surface area contributed by atoms with E-state index in [9.17, 15) is 4.79 Å². The third kappa shape index (κ3) is 4.94. The van der Waals surface area contributed by atoms with E-state index in [1.54, 1.807) is 0 Å². The molecule has 1 amide bonds. The van der Waals surface area contributed by atoms with Crippen molar-refractivity contribution in [2.45, 2.75) is 65.2 Å². The van der Waals surface area contributed by atoms with Gasteiger partial charge in [0.2, 0.25) is 5.91 Å². The molecule has 32 heavy (non-hydrogen) atoms. The quantitative estimate of drug-likeness (QED) is 0.593. The zero-order valence-electron chi connectivity index (χ0n) is 19.4. The van der Waals surface area contributed by atoms with Crippen LogP contribution in [0.5, 0.6) is 0 Å². The number of benzene rings is 2. The van der Waals surface area contributed by atoms with Crippen molar-refractivity contribution in [1.29, 1.82) is 0 Å². The molecule has 4 atom stereocenters. The average Bonchev–Trinajstić information content (AvgIpc) is 2.73. The fourth-order valence-electron chi connectivity index (χ4n) is 4.75. The van der Waals surface area contributed by atoms with Gasteiger partial charge in [-0.2, -0.15) is 0 Å². The standard InChI is InChI=1S/C27H33N3O2/c1-16-7-5-6-8-24(16)20-9-10-25-21(14-20)15-22(26(28)30-25)11-17(2)27(31)29-23-12-18(3)32-19(4)13-23/h5-10,14-15,17-19,23H,11-13H2,1-4H3,(H2,28,30)(H,29,31)/t17-,18-,19+,23?/m1/s1. The van der Waals surface area contributed by atoms with Crippen molar-refractivity contribution in [3.63, 3.8) is 0 Å². The SMILES string of the molecule is Cc1ccccc1-c1ccc2nc(N)c(C[C@@H](C)C(=O)NC3C[C@@H](C)O[C@@H](C)C3)cc2c1. The number of nitrogens with zero attached hydrogens (tertiary/aromatic N) is 1. The lowest BCUT2D eigenvalue weighted by Crippen LogP contribution is -2.45. The summed E-state index contributed by atoms with van der Waals surface area (Å²) >= 11 is 0. The Bertz CT molecular complexity index is 1120. The number of rotatable bonds is 5. The van der Waals surface area contributed by atoms with Crippen LogP contribution in [-0.2, 0) is 16.0 Å². The molecule has 0 radical (unpaired) electrons. The van der Waals surface area contributed by atoms with Crippen molar-refractivity contribution in [1.82, 2.24) is 10.3 Å². The summed E-state index contributed by atoms with van der Waals surface area (Å²) in [6.07, 6.45) is 2.60. The summed E-state index contributed by atoms with van der Waals surface area (Å²) in [5.74, 6) is 0.364. The largest absolute Gasteiger partial charge is 0.383 e. The van der Waals surface area contributed by atoms with Crippen LogP contribution in [0.15, 0.2) is 48.5 Å². The first kappa shape index (κ1) is 22.3. The zero-order valence-corrected chi connectivity index (χ0v) is 19.4. The number of carbonyl (C=O) groups is 1. The highest BCUT2D eigenvalue weighted by Crippen LogP contribution is 2.29. The lowest BCUT2D eigenvalue weighted by Gasteiger charge is -2.33. The number of carbonyl (C=O) groups excluding carboxylic acids is 1. The molecule has 0 saturated carbocycles. The van der Waals surface area contributed by atoms with Crippen molar-refractivity contribution in [3.8, 4) is 11.1 Å². The minimum absolute atomic E-state index is 0.0597. The Labute approximate surface area is 190 Å². The molecule has 168 valence electrons. The molecule has 0 spiro atoms. The number of hydrogen-bond acceptors (Lipinski definition) is 4. The first-order valence-corrected chi connectivity index (χ1v) is 11.5. The molecule has 3 aromatic rings. The summed E-state index contributed by atoms with van der Waals surface area (Å²) in [4.78, 5) is 17.5. The molecule has 3 N–H and O–H groups in total. The van der Waals surface area contributed by atoms with Gasteiger partial charge in [0.05, 0.1) is 17.7 Å². The third-order valence-corrected chi connectivity index (χ3v) is 6.40. The van der Waals surface area contributed by atoms with Crippen LogP contribution in [0, 0.1) is 12.8 Å². The first-order valence-electron chi connectivity index (χ1n) is 11.5. The van der Waals surface area contributed by atoms with Crippen LogP contribution in [0.4, 0.5) is 5.82 Å². The van der Waals surface area contributed by atoms with Gasteiger partial charge >= 0.3 is 0 Å². The molecule has 5 heteroatoms. The summed E-state index contributed by atoms with van der Waals surface area (Å²) in [6, 6.07) is 16.9. The fourth-order valence-corrected chi connectivity index (χ4v) is 4.75. The summed E-state index contributed by atoms with van der Waals surface area (Å²) in [5.41, 5.74) is 11.6. The van der Waals surface area contributed by atoms with Crippen molar-refractivity contribution >= 4 is 22.6 Å². The molecule has 1 unspecified atom stereocenters.